The van der Waals surface area contributed by atoms with Crippen LogP contribution in [-0.4, -0.2) is 0 Å². The second-order valence-electron chi connectivity index (χ2n) is 2.76. The lowest BCUT2D eigenvalue weighted by Crippen LogP contribution is -1.74. The number of thiophene rings is 1. The minimum absolute atomic E-state index is 1.26. The number of benzene rings is 1. The predicted octanol–water partition coefficient (Wildman–Crippen LogP) is 3.52. The van der Waals surface area contributed by atoms with Crippen molar-refractivity contribution in [3.63, 3.8) is 0 Å². The van der Waals surface area contributed by atoms with Crippen LogP contribution in [0.5, 0.6) is 0 Å². The average molecular weight is 173 g/mol. The standard InChI is InChI=1S/C11H9S/c1-9-7-12-8-11(9)10-5-3-2-4-6-10/h2-3,5-8H,1H3. The van der Waals surface area contributed by atoms with Crippen LogP contribution in [0.15, 0.2) is 35.0 Å². The molecule has 12 heavy (non-hydrogen) atoms. The van der Waals surface area contributed by atoms with E-state index in [9.17, 15) is 0 Å². The first-order valence-corrected chi connectivity index (χ1v) is 4.81. The maximum Gasteiger partial charge on any atom is -0.00120 e. The molecular weight excluding hydrogens is 164 g/mol. The molecule has 1 heterocycles. The molecule has 0 bridgehead atoms. The minimum Gasteiger partial charge on any atom is -0.151 e. The van der Waals surface area contributed by atoms with Gasteiger partial charge in [-0.05, 0) is 46.5 Å². The molecule has 0 amide bonds. The quantitative estimate of drug-likeness (QED) is 0.619. The van der Waals surface area contributed by atoms with E-state index in [0.717, 1.165) is 0 Å². The number of hydrogen-bond acceptors (Lipinski definition) is 1. The lowest BCUT2D eigenvalue weighted by Gasteiger charge is -1.97. The highest BCUT2D eigenvalue weighted by Crippen LogP contribution is 2.25. The molecular formula is C11H9S. The Morgan fingerprint density at radius 1 is 1.33 bits per heavy atom. The molecule has 0 unspecified atom stereocenters. The van der Waals surface area contributed by atoms with Crippen molar-refractivity contribution in [2.45, 2.75) is 6.92 Å². The van der Waals surface area contributed by atoms with Crippen LogP contribution in [0.2, 0.25) is 0 Å². The fraction of sp³-hybridized carbons (Fsp3) is 0.0909. The van der Waals surface area contributed by atoms with Gasteiger partial charge in [-0.2, -0.15) is 11.3 Å². The van der Waals surface area contributed by atoms with Crippen molar-refractivity contribution in [2.24, 2.45) is 0 Å². The monoisotopic (exact) mass is 173 g/mol. The summed E-state index contributed by atoms with van der Waals surface area (Å²) >= 11 is 1.75. The van der Waals surface area contributed by atoms with E-state index in [2.05, 4.69) is 29.8 Å². The largest absolute Gasteiger partial charge is 0.151 e. The van der Waals surface area contributed by atoms with E-state index in [-0.39, 0.29) is 0 Å². The van der Waals surface area contributed by atoms with Crippen LogP contribution < -0.4 is 0 Å². The van der Waals surface area contributed by atoms with Crippen LogP contribution in [0.25, 0.3) is 11.1 Å². The first kappa shape index (κ1) is 7.56. The van der Waals surface area contributed by atoms with Gasteiger partial charge in [0.25, 0.3) is 0 Å². The zero-order valence-electron chi connectivity index (χ0n) is 6.87. The molecule has 1 aromatic heterocycles. The summed E-state index contributed by atoms with van der Waals surface area (Å²) in [4.78, 5) is 0. The minimum atomic E-state index is 1.26. The van der Waals surface area contributed by atoms with Gasteiger partial charge in [0.15, 0.2) is 0 Å². The van der Waals surface area contributed by atoms with Crippen LogP contribution in [0, 0.1) is 13.0 Å². The van der Waals surface area contributed by atoms with E-state index in [0.29, 0.717) is 0 Å². The van der Waals surface area contributed by atoms with Gasteiger partial charge in [0, 0.05) is 0 Å². The Hall–Kier alpha value is -1.08. The number of hydrogen-bond donors (Lipinski definition) is 0. The molecule has 0 aliphatic carbocycles. The van der Waals surface area contributed by atoms with Gasteiger partial charge in [-0.25, -0.2) is 0 Å². The van der Waals surface area contributed by atoms with E-state index >= 15 is 0 Å². The lowest BCUT2D eigenvalue weighted by molar-refractivity contribution is 1.53. The van der Waals surface area contributed by atoms with Crippen molar-refractivity contribution >= 4 is 11.3 Å². The first-order chi connectivity index (χ1) is 5.88. The summed E-state index contributed by atoms with van der Waals surface area (Å²) in [6, 6.07) is 11.2. The Bertz CT molecular complexity index is 360. The highest BCUT2D eigenvalue weighted by atomic mass is 32.1. The second kappa shape index (κ2) is 3.11. The molecule has 0 saturated carbocycles. The van der Waals surface area contributed by atoms with Gasteiger partial charge in [-0.3, -0.25) is 0 Å². The third-order valence-electron chi connectivity index (χ3n) is 1.87. The molecule has 2 rings (SSSR count). The van der Waals surface area contributed by atoms with Crippen molar-refractivity contribution in [2.75, 3.05) is 0 Å². The van der Waals surface area contributed by atoms with Crippen LogP contribution in [-0.2, 0) is 0 Å². The summed E-state index contributed by atoms with van der Waals surface area (Å²) in [7, 11) is 0. The van der Waals surface area contributed by atoms with Crippen LogP contribution >= 0.6 is 11.3 Å². The highest BCUT2D eigenvalue weighted by Gasteiger charge is 2.00. The van der Waals surface area contributed by atoms with E-state index < -0.39 is 0 Å². The van der Waals surface area contributed by atoms with Gasteiger partial charge in [-0.15, -0.1) is 0 Å². The van der Waals surface area contributed by atoms with Crippen LogP contribution in [0.3, 0.4) is 0 Å². The van der Waals surface area contributed by atoms with Crippen molar-refractivity contribution in [3.05, 3.63) is 46.7 Å². The molecule has 0 saturated heterocycles. The Morgan fingerprint density at radius 3 is 2.83 bits per heavy atom. The fourth-order valence-corrected chi connectivity index (χ4v) is 2.07. The van der Waals surface area contributed by atoms with Crippen molar-refractivity contribution in [3.8, 4) is 11.1 Å². The normalized spacial score (nSPS) is 10.1. The molecule has 0 N–H and O–H groups in total. The summed E-state index contributed by atoms with van der Waals surface area (Å²) in [6.07, 6.45) is 0. The SMILES string of the molecule is Cc1cscc1-c1c[c]ccc1. The van der Waals surface area contributed by atoms with E-state index in [1.807, 2.05) is 18.2 Å². The molecule has 0 aliphatic rings. The molecule has 59 valence electrons. The third-order valence-corrected chi connectivity index (χ3v) is 2.74. The highest BCUT2D eigenvalue weighted by molar-refractivity contribution is 7.08. The van der Waals surface area contributed by atoms with Gasteiger partial charge >= 0.3 is 0 Å². The van der Waals surface area contributed by atoms with Crippen molar-refractivity contribution in [1.29, 1.82) is 0 Å². The molecule has 0 nitrogen and oxygen atoms in total. The number of aryl methyl sites for hydroxylation is 1. The van der Waals surface area contributed by atoms with Gasteiger partial charge in [0.2, 0.25) is 0 Å². The zero-order valence-corrected chi connectivity index (χ0v) is 7.69. The first-order valence-electron chi connectivity index (χ1n) is 3.87. The van der Waals surface area contributed by atoms with E-state index in [4.69, 9.17) is 0 Å². The van der Waals surface area contributed by atoms with Crippen LogP contribution in [0.1, 0.15) is 5.56 Å². The molecule has 0 fully saturated rings. The second-order valence-corrected chi connectivity index (χ2v) is 3.50. The summed E-state index contributed by atoms with van der Waals surface area (Å²) in [5.41, 5.74) is 3.94. The molecule has 1 aromatic carbocycles. The molecule has 0 spiro atoms. The molecule has 0 aliphatic heterocycles. The van der Waals surface area contributed by atoms with Gasteiger partial charge in [-0.1, -0.05) is 18.2 Å². The molecule has 0 atom stereocenters. The smallest absolute Gasteiger partial charge is 0.00120 e. The average Bonchev–Trinajstić information content (AvgIpc) is 2.53. The Morgan fingerprint density at radius 2 is 2.25 bits per heavy atom. The maximum atomic E-state index is 3.08. The van der Waals surface area contributed by atoms with Crippen LogP contribution in [0.4, 0.5) is 0 Å². The summed E-state index contributed by atoms with van der Waals surface area (Å²) in [5.74, 6) is 0. The summed E-state index contributed by atoms with van der Waals surface area (Å²) in [6.45, 7) is 2.14. The van der Waals surface area contributed by atoms with Crippen molar-refractivity contribution < 1.29 is 0 Å². The predicted molar refractivity (Wildman–Crippen MR) is 53.3 cm³/mol. The molecule has 2 aromatic rings. The fourth-order valence-electron chi connectivity index (χ4n) is 1.22. The zero-order chi connectivity index (χ0) is 8.39. The Balaban J connectivity index is 2.51. The number of rotatable bonds is 1. The summed E-state index contributed by atoms with van der Waals surface area (Å²) in [5, 5.41) is 4.35. The van der Waals surface area contributed by atoms with Gasteiger partial charge in [0.05, 0.1) is 0 Å². The topological polar surface area (TPSA) is 0 Å². The van der Waals surface area contributed by atoms with E-state index in [1.165, 1.54) is 16.7 Å². The van der Waals surface area contributed by atoms with Gasteiger partial charge in [0.1, 0.15) is 0 Å². The lowest BCUT2D eigenvalue weighted by atomic mass is 10.1. The maximum absolute atomic E-state index is 3.08. The van der Waals surface area contributed by atoms with E-state index in [1.54, 1.807) is 11.3 Å². The Labute approximate surface area is 76.5 Å². The Kier molecular flexibility index (Phi) is 1.96. The van der Waals surface area contributed by atoms with Crippen molar-refractivity contribution in [1.82, 2.24) is 0 Å². The molecule has 1 radical (unpaired) electrons. The molecule has 1 heteroatoms. The summed E-state index contributed by atoms with van der Waals surface area (Å²) < 4.78 is 0. The van der Waals surface area contributed by atoms with Gasteiger partial charge < -0.3 is 0 Å². The third kappa shape index (κ3) is 1.28.